The van der Waals surface area contributed by atoms with E-state index < -0.39 is 0 Å². The van der Waals surface area contributed by atoms with Crippen LogP contribution < -0.4 is 0 Å². The van der Waals surface area contributed by atoms with Crippen molar-refractivity contribution < 1.29 is 49.6 Å². The fourth-order valence-corrected chi connectivity index (χ4v) is 0.558. The van der Waals surface area contributed by atoms with Gasteiger partial charge in [0.25, 0.3) is 0 Å². The molecule has 0 aliphatic rings. The minimum absolute atomic E-state index is 0. The van der Waals surface area contributed by atoms with Gasteiger partial charge in [-0.25, -0.2) is 0 Å². The summed E-state index contributed by atoms with van der Waals surface area (Å²) in [5, 5.41) is 8.73. The number of hydrogen-bond acceptors (Lipinski definition) is 2. The Morgan fingerprint density at radius 2 is 1.91 bits per heavy atom. The minimum Gasteiger partial charge on any atom is -2.00 e. The van der Waals surface area contributed by atoms with Gasteiger partial charge in [-0.2, -0.15) is 4.73 Å². The maximum absolute atomic E-state index is 8.73. The summed E-state index contributed by atoms with van der Waals surface area (Å²) in [5.74, 6) is 0. The van der Waals surface area contributed by atoms with Gasteiger partial charge in [0.1, 0.15) is 4.64 Å². The van der Waals surface area contributed by atoms with Crippen LogP contribution in [0.15, 0.2) is 24.4 Å². The Hall–Kier alpha value is 0.377. The van der Waals surface area contributed by atoms with Crippen LogP contribution in [0.1, 0.15) is 0 Å². The third-order valence-electron chi connectivity index (χ3n) is 0.803. The van der Waals surface area contributed by atoms with Crippen LogP contribution >= 0.6 is 12.2 Å². The second-order valence-electron chi connectivity index (χ2n) is 1.38. The normalized spacial score (nSPS) is 6.55. The molecule has 0 aliphatic carbocycles. The summed E-state index contributed by atoms with van der Waals surface area (Å²) in [6.45, 7) is 0. The van der Waals surface area contributed by atoms with E-state index in [0.29, 0.717) is 4.64 Å². The first-order valence-electron chi connectivity index (χ1n) is 2.17. The van der Waals surface area contributed by atoms with Crippen molar-refractivity contribution >= 4 is 12.2 Å². The molecule has 0 bridgehead atoms. The molecular formula is C5H5NO2SZn2. The van der Waals surface area contributed by atoms with Crippen molar-refractivity contribution in [3.8, 4) is 0 Å². The van der Waals surface area contributed by atoms with Crippen LogP contribution in [0.4, 0.5) is 0 Å². The van der Waals surface area contributed by atoms with Crippen molar-refractivity contribution in [3.63, 3.8) is 0 Å². The summed E-state index contributed by atoms with van der Waals surface area (Å²) in [6, 6.07) is 5.13. The van der Waals surface area contributed by atoms with Crippen molar-refractivity contribution in [1.29, 1.82) is 0 Å². The second kappa shape index (κ2) is 8.47. The van der Waals surface area contributed by atoms with Gasteiger partial charge in [0, 0.05) is 25.7 Å². The van der Waals surface area contributed by atoms with Crippen LogP contribution in [0.2, 0.25) is 0 Å². The molecule has 1 rings (SSSR count). The third kappa shape index (κ3) is 5.63. The zero-order chi connectivity index (χ0) is 5.98. The first-order chi connectivity index (χ1) is 3.80. The molecule has 11 heavy (non-hydrogen) atoms. The maximum atomic E-state index is 8.73. The number of pyridine rings is 1. The van der Waals surface area contributed by atoms with Gasteiger partial charge in [0.15, 0.2) is 0 Å². The Labute approximate surface area is 95.2 Å². The van der Waals surface area contributed by atoms with Crippen LogP contribution in [0.3, 0.4) is 0 Å². The monoisotopic (exact) mass is 271 g/mol. The molecule has 0 amide bonds. The van der Waals surface area contributed by atoms with E-state index in [2.05, 4.69) is 12.2 Å². The van der Waals surface area contributed by atoms with Crippen molar-refractivity contribution in [3.05, 3.63) is 29.0 Å². The fourth-order valence-electron chi connectivity index (χ4n) is 0.419. The van der Waals surface area contributed by atoms with E-state index >= 15 is 0 Å². The van der Waals surface area contributed by atoms with Crippen LogP contribution in [0, 0.1) is 4.64 Å². The van der Waals surface area contributed by atoms with Gasteiger partial charge in [-0.1, -0.05) is 18.3 Å². The molecular weight excluding hydrogens is 269 g/mol. The average molecular weight is 274 g/mol. The van der Waals surface area contributed by atoms with E-state index in [1.807, 2.05) is 0 Å². The third-order valence-corrected chi connectivity index (χ3v) is 1.13. The van der Waals surface area contributed by atoms with Gasteiger partial charge < -0.3 is 10.7 Å². The molecule has 0 aromatic carbocycles. The molecule has 52 valence electrons. The van der Waals surface area contributed by atoms with Crippen molar-refractivity contribution in [1.82, 2.24) is 4.73 Å². The Balaban J connectivity index is -0.000000213. The number of nitrogens with zero attached hydrogens (tertiary/aromatic N) is 1. The molecule has 0 unspecified atom stereocenters. The van der Waals surface area contributed by atoms with Crippen LogP contribution in [0.25, 0.3) is 0 Å². The van der Waals surface area contributed by atoms with Crippen molar-refractivity contribution in [2.75, 3.05) is 0 Å². The van der Waals surface area contributed by atoms with E-state index in [9.17, 15) is 0 Å². The van der Waals surface area contributed by atoms with Gasteiger partial charge in [-0.3, -0.25) is 0 Å². The Morgan fingerprint density at radius 3 is 2.18 bits per heavy atom. The predicted molar refractivity (Wildman–Crippen MR) is 33.1 cm³/mol. The quantitative estimate of drug-likeness (QED) is 0.441. The smallest absolute Gasteiger partial charge is 2.00 e. The zero-order valence-electron chi connectivity index (χ0n) is 5.93. The summed E-state index contributed by atoms with van der Waals surface area (Å²) in [6.07, 6.45) is 1.49. The van der Waals surface area contributed by atoms with Crippen LogP contribution in [-0.2, 0) is 44.4 Å². The van der Waals surface area contributed by atoms with Gasteiger partial charge in [-0.05, 0) is 12.1 Å². The second-order valence-corrected chi connectivity index (χ2v) is 1.80. The summed E-state index contributed by atoms with van der Waals surface area (Å²) in [5.41, 5.74) is 0. The number of rotatable bonds is 0. The zero-order valence-corrected chi connectivity index (χ0v) is 12.7. The largest absolute Gasteiger partial charge is 2.00 e. The summed E-state index contributed by atoms with van der Waals surface area (Å²) < 4.78 is 1.32. The average Bonchev–Trinajstić information content (AvgIpc) is 1.77. The van der Waals surface area contributed by atoms with Crippen molar-refractivity contribution in [2.24, 2.45) is 0 Å². The summed E-state index contributed by atoms with van der Waals surface area (Å²) >= 11 is 4.67. The molecule has 1 heterocycles. The van der Waals surface area contributed by atoms with Crippen LogP contribution in [0.5, 0.6) is 0 Å². The van der Waals surface area contributed by atoms with E-state index in [1.54, 1.807) is 18.2 Å². The van der Waals surface area contributed by atoms with E-state index in [-0.39, 0.29) is 44.4 Å². The van der Waals surface area contributed by atoms with Crippen LogP contribution in [-0.4, -0.2) is 9.94 Å². The molecule has 0 saturated carbocycles. The minimum atomic E-state index is 0. The molecule has 3 nitrogen and oxygen atoms in total. The Bertz CT molecular complexity index is 240. The maximum Gasteiger partial charge on any atom is 2.00 e. The molecule has 0 aliphatic heterocycles. The molecule has 0 atom stereocenters. The first-order valence-corrected chi connectivity index (χ1v) is 2.58. The Morgan fingerprint density at radius 1 is 1.36 bits per heavy atom. The topological polar surface area (TPSA) is 53.7 Å². The molecule has 0 fully saturated rings. The molecule has 1 aromatic heterocycles. The number of aromatic nitrogens is 1. The van der Waals surface area contributed by atoms with Gasteiger partial charge in [0.2, 0.25) is 0 Å². The fraction of sp³-hybridized carbons (Fsp3) is 0. The van der Waals surface area contributed by atoms with E-state index in [1.165, 1.54) is 6.20 Å². The SMILES string of the molecule is On1ccccc1=S.[O-2].[Zn+2].[Zn]. The molecule has 6 heteroatoms. The standard InChI is InChI=1S/C5H5NOS.O.2Zn/c7-6-4-2-1-3-5(6)8;;;/h1-4,7H;;;/q;-2;;+2. The molecule has 1 aromatic rings. The molecule has 0 radical (unpaired) electrons. The summed E-state index contributed by atoms with van der Waals surface area (Å²) in [7, 11) is 0. The van der Waals surface area contributed by atoms with E-state index in [4.69, 9.17) is 5.21 Å². The van der Waals surface area contributed by atoms with Crippen molar-refractivity contribution in [2.45, 2.75) is 0 Å². The van der Waals surface area contributed by atoms with Gasteiger partial charge >= 0.3 is 19.5 Å². The first kappa shape index (κ1) is 17.5. The predicted octanol–water partition coefficient (Wildman–Crippen LogP) is 1.33. The molecule has 0 spiro atoms. The number of hydrogen-bond donors (Lipinski definition) is 1. The van der Waals surface area contributed by atoms with E-state index in [0.717, 1.165) is 4.73 Å². The van der Waals surface area contributed by atoms with Gasteiger partial charge in [0.05, 0.1) is 0 Å². The summed E-state index contributed by atoms with van der Waals surface area (Å²) in [4.78, 5) is 0. The van der Waals surface area contributed by atoms with Gasteiger partial charge in [-0.15, -0.1) is 0 Å². The molecule has 1 N–H and O–H groups in total. The molecule has 0 saturated heterocycles. The Kier molecular flexibility index (Phi) is 13.4.